The third-order valence-corrected chi connectivity index (χ3v) is 3.69. The number of rotatable bonds is 6. The van der Waals surface area contributed by atoms with Crippen molar-refractivity contribution < 1.29 is 18.7 Å². The maximum absolute atomic E-state index is 12.1. The average Bonchev–Trinajstić information content (AvgIpc) is 3.25. The standard InChI is InChI=1S/C17H20N2O4.ClH/c18-9-16-8-12(10-22-16)17(20)19-13-3-5-14(6-4-13)23-11-15-2-1-7-21-15;/h3-6,8,10,15H,1-2,7,9,11,18H2,(H,19,20);1H. The lowest BCUT2D eigenvalue weighted by molar-refractivity contribution is 0.0679. The summed E-state index contributed by atoms with van der Waals surface area (Å²) in [7, 11) is 0. The van der Waals surface area contributed by atoms with Crippen molar-refractivity contribution in [3.05, 3.63) is 47.9 Å². The molecule has 3 rings (SSSR count). The van der Waals surface area contributed by atoms with Crippen LogP contribution in [0.3, 0.4) is 0 Å². The highest BCUT2D eigenvalue weighted by atomic mass is 35.5. The molecule has 1 amide bonds. The van der Waals surface area contributed by atoms with Gasteiger partial charge in [0.15, 0.2) is 0 Å². The molecular formula is C17H21ClN2O4. The molecule has 3 N–H and O–H groups in total. The zero-order valence-corrected chi connectivity index (χ0v) is 14.0. The average molecular weight is 353 g/mol. The van der Waals surface area contributed by atoms with Crippen LogP contribution in [0.15, 0.2) is 41.0 Å². The Bertz CT molecular complexity index is 651. The van der Waals surface area contributed by atoms with Crippen LogP contribution >= 0.6 is 12.4 Å². The maximum atomic E-state index is 12.1. The second-order valence-electron chi connectivity index (χ2n) is 5.43. The first kappa shape index (κ1) is 18.3. The van der Waals surface area contributed by atoms with Crippen LogP contribution in [-0.2, 0) is 11.3 Å². The molecule has 24 heavy (non-hydrogen) atoms. The predicted octanol–water partition coefficient (Wildman–Crippen LogP) is 2.97. The highest BCUT2D eigenvalue weighted by Gasteiger charge is 2.16. The molecule has 0 bridgehead atoms. The van der Waals surface area contributed by atoms with E-state index in [0.717, 1.165) is 25.2 Å². The van der Waals surface area contributed by atoms with Crippen molar-refractivity contribution in [2.24, 2.45) is 5.73 Å². The summed E-state index contributed by atoms with van der Waals surface area (Å²) in [6.45, 7) is 1.64. The fraction of sp³-hybridized carbons (Fsp3) is 0.353. The third kappa shape index (κ3) is 4.74. The monoisotopic (exact) mass is 352 g/mol. The fourth-order valence-corrected chi connectivity index (χ4v) is 2.41. The van der Waals surface area contributed by atoms with Gasteiger partial charge in [-0.1, -0.05) is 0 Å². The molecule has 1 aliphatic rings. The number of nitrogens with one attached hydrogen (secondary N) is 1. The van der Waals surface area contributed by atoms with Crippen LogP contribution < -0.4 is 15.8 Å². The number of nitrogens with two attached hydrogens (primary N) is 1. The zero-order valence-electron chi connectivity index (χ0n) is 13.2. The summed E-state index contributed by atoms with van der Waals surface area (Å²) in [5.41, 5.74) is 6.60. The number of benzene rings is 1. The minimum Gasteiger partial charge on any atom is -0.491 e. The molecule has 7 heteroatoms. The molecule has 130 valence electrons. The van der Waals surface area contributed by atoms with Gasteiger partial charge in [-0.2, -0.15) is 0 Å². The van der Waals surface area contributed by atoms with E-state index in [-0.39, 0.29) is 31.0 Å². The zero-order chi connectivity index (χ0) is 16.1. The smallest absolute Gasteiger partial charge is 0.258 e. The number of anilines is 1. The Labute approximate surface area is 146 Å². The maximum Gasteiger partial charge on any atom is 0.258 e. The van der Waals surface area contributed by atoms with Gasteiger partial charge >= 0.3 is 0 Å². The molecule has 1 atom stereocenters. The van der Waals surface area contributed by atoms with Crippen molar-refractivity contribution in [2.45, 2.75) is 25.5 Å². The van der Waals surface area contributed by atoms with Crippen LogP contribution in [0, 0.1) is 0 Å². The van der Waals surface area contributed by atoms with Crippen LogP contribution in [0.1, 0.15) is 29.0 Å². The largest absolute Gasteiger partial charge is 0.491 e. The highest BCUT2D eigenvalue weighted by molar-refractivity contribution is 6.04. The van der Waals surface area contributed by atoms with E-state index in [1.165, 1.54) is 6.26 Å². The SMILES string of the molecule is Cl.NCc1cc(C(=O)Nc2ccc(OCC3CCCO3)cc2)co1. The van der Waals surface area contributed by atoms with E-state index in [1.54, 1.807) is 18.2 Å². The van der Waals surface area contributed by atoms with Gasteiger partial charge < -0.3 is 24.9 Å². The number of furan rings is 1. The first-order chi connectivity index (χ1) is 11.2. The summed E-state index contributed by atoms with van der Waals surface area (Å²) >= 11 is 0. The summed E-state index contributed by atoms with van der Waals surface area (Å²) in [6.07, 6.45) is 3.73. The normalized spacial score (nSPS) is 16.5. The topological polar surface area (TPSA) is 86.7 Å². The Kier molecular flexibility index (Phi) is 6.66. The molecule has 1 fully saturated rings. The third-order valence-electron chi connectivity index (χ3n) is 3.69. The lowest BCUT2D eigenvalue weighted by Crippen LogP contribution is -2.16. The number of hydrogen-bond acceptors (Lipinski definition) is 5. The Hall–Kier alpha value is -2.02. The van der Waals surface area contributed by atoms with Gasteiger partial charge in [0.1, 0.15) is 24.4 Å². The van der Waals surface area contributed by atoms with E-state index in [4.69, 9.17) is 19.6 Å². The summed E-state index contributed by atoms with van der Waals surface area (Å²) in [6, 6.07) is 8.88. The van der Waals surface area contributed by atoms with Crippen LogP contribution in [0.4, 0.5) is 5.69 Å². The molecule has 0 saturated carbocycles. The van der Waals surface area contributed by atoms with Crippen molar-refractivity contribution in [3.63, 3.8) is 0 Å². The molecule has 2 heterocycles. The van der Waals surface area contributed by atoms with E-state index in [0.29, 0.717) is 23.6 Å². The Morgan fingerprint density at radius 3 is 2.75 bits per heavy atom. The quantitative estimate of drug-likeness (QED) is 0.834. The molecule has 0 radical (unpaired) electrons. The van der Waals surface area contributed by atoms with E-state index < -0.39 is 0 Å². The number of ether oxygens (including phenoxy) is 2. The molecule has 1 aromatic carbocycles. The number of amides is 1. The Morgan fingerprint density at radius 2 is 2.12 bits per heavy atom. The molecule has 2 aromatic rings. The minimum atomic E-state index is -0.235. The van der Waals surface area contributed by atoms with E-state index in [1.807, 2.05) is 12.1 Å². The second kappa shape index (κ2) is 8.73. The van der Waals surface area contributed by atoms with Crippen LogP contribution in [-0.4, -0.2) is 25.2 Å². The molecule has 0 aliphatic carbocycles. The van der Waals surface area contributed by atoms with Crippen molar-refractivity contribution in [1.29, 1.82) is 0 Å². The van der Waals surface area contributed by atoms with Gasteiger partial charge in [0.05, 0.1) is 18.2 Å². The second-order valence-corrected chi connectivity index (χ2v) is 5.43. The summed E-state index contributed by atoms with van der Waals surface area (Å²) in [5, 5.41) is 2.80. The van der Waals surface area contributed by atoms with Crippen LogP contribution in [0.2, 0.25) is 0 Å². The molecule has 1 unspecified atom stereocenters. The van der Waals surface area contributed by atoms with Crippen molar-refractivity contribution >= 4 is 24.0 Å². The van der Waals surface area contributed by atoms with Crippen LogP contribution in [0.25, 0.3) is 0 Å². The molecule has 0 spiro atoms. The van der Waals surface area contributed by atoms with E-state index in [9.17, 15) is 4.79 Å². The first-order valence-corrected chi connectivity index (χ1v) is 7.68. The fourth-order valence-electron chi connectivity index (χ4n) is 2.41. The molecule has 6 nitrogen and oxygen atoms in total. The first-order valence-electron chi connectivity index (χ1n) is 7.68. The van der Waals surface area contributed by atoms with E-state index in [2.05, 4.69) is 5.32 Å². The summed E-state index contributed by atoms with van der Waals surface area (Å²) in [4.78, 5) is 12.1. The number of carbonyl (C=O) groups excluding carboxylic acids is 1. The number of halogens is 1. The molecular weight excluding hydrogens is 332 g/mol. The van der Waals surface area contributed by atoms with Gasteiger partial charge in [-0.25, -0.2) is 0 Å². The van der Waals surface area contributed by atoms with Gasteiger partial charge in [0, 0.05) is 12.3 Å². The lowest BCUT2D eigenvalue weighted by atomic mass is 10.2. The van der Waals surface area contributed by atoms with Gasteiger partial charge in [-0.05, 0) is 43.2 Å². The van der Waals surface area contributed by atoms with Gasteiger partial charge in [0.2, 0.25) is 0 Å². The van der Waals surface area contributed by atoms with Crippen molar-refractivity contribution in [1.82, 2.24) is 0 Å². The molecule has 1 aromatic heterocycles. The Morgan fingerprint density at radius 1 is 1.33 bits per heavy atom. The van der Waals surface area contributed by atoms with Gasteiger partial charge in [-0.3, -0.25) is 4.79 Å². The summed E-state index contributed by atoms with van der Waals surface area (Å²) in [5.74, 6) is 1.10. The number of carbonyl (C=O) groups is 1. The minimum absolute atomic E-state index is 0. The molecule has 1 saturated heterocycles. The van der Waals surface area contributed by atoms with Crippen LogP contribution in [0.5, 0.6) is 5.75 Å². The van der Waals surface area contributed by atoms with Gasteiger partial charge in [0.25, 0.3) is 5.91 Å². The predicted molar refractivity (Wildman–Crippen MR) is 92.7 cm³/mol. The lowest BCUT2D eigenvalue weighted by Gasteiger charge is -2.12. The molecule has 1 aliphatic heterocycles. The Balaban J connectivity index is 0.00000208. The van der Waals surface area contributed by atoms with Gasteiger partial charge in [-0.15, -0.1) is 12.4 Å². The number of hydrogen-bond donors (Lipinski definition) is 2. The highest BCUT2D eigenvalue weighted by Crippen LogP contribution is 2.19. The van der Waals surface area contributed by atoms with Crippen molar-refractivity contribution in [3.8, 4) is 5.75 Å². The summed E-state index contributed by atoms with van der Waals surface area (Å²) < 4.78 is 16.4. The van der Waals surface area contributed by atoms with E-state index >= 15 is 0 Å². The van der Waals surface area contributed by atoms with Crippen molar-refractivity contribution in [2.75, 3.05) is 18.5 Å².